The monoisotopic (exact) mass is 853 g/mol. The highest BCUT2D eigenvalue weighted by atomic mass is 15.1. The van der Waals surface area contributed by atoms with E-state index in [0.717, 1.165) is 17.8 Å². The van der Waals surface area contributed by atoms with E-state index in [1.54, 1.807) is 5.57 Å². The van der Waals surface area contributed by atoms with Crippen molar-refractivity contribution in [2.45, 2.75) is 43.4 Å². The van der Waals surface area contributed by atoms with Gasteiger partial charge in [-0.05, 0) is 160 Å². The van der Waals surface area contributed by atoms with Gasteiger partial charge < -0.3 is 4.90 Å². The molecule has 0 radical (unpaired) electrons. The van der Waals surface area contributed by atoms with Crippen molar-refractivity contribution in [2.24, 2.45) is 5.92 Å². The first-order chi connectivity index (χ1) is 32.9. The van der Waals surface area contributed by atoms with Crippen LogP contribution in [-0.2, 0) is 16.2 Å². The number of rotatable bonds is 3. The molecule has 67 heavy (non-hydrogen) atoms. The second kappa shape index (κ2) is 13.0. The van der Waals surface area contributed by atoms with Crippen molar-refractivity contribution in [1.29, 1.82) is 0 Å². The van der Waals surface area contributed by atoms with Gasteiger partial charge in [0.25, 0.3) is 0 Å². The van der Waals surface area contributed by atoms with Gasteiger partial charge in [0.1, 0.15) is 0 Å². The van der Waals surface area contributed by atoms with Crippen molar-refractivity contribution < 1.29 is 0 Å². The van der Waals surface area contributed by atoms with E-state index >= 15 is 0 Å². The Morgan fingerprint density at radius 3 is 1.27 bits per heavy atom. The maximum Gasteiger partial charge on any atom is 0.0726 e. The maximum atomic E-state index is 2.58. The molecule has 0 saturated carbocycles. The Bertz CT molecular complexity index is 3680. The molecule has 2 unspecified atom stereocenters. The highest BCUT2D eigenvalue weighted by molar-refractivity contribution is 6.00. The molecule has 15 rings (SSSR count). The molecule has 0 saturated heterocycles. The fourth-order valence-electron chi connectivity index (χ4n) is 14.4. The van der Waals surface area contributed by atoms with Gasteiger partial charge in [-0.3, -0.25) is 0 Å². The molecule has 2 atom stereocenters. The Balaban J connectivity index is 1.02. The first kappa shape index (κ1) is 37.5. The molecule has 6 aliphatic rings. The lowest BCUT2D eigenvalue weighted by Gasteiger charge is -2.37. The molecule has 9 aromatic rings. The van der Waals surface area contributed by atoms with E-state index in [1.165, 1.54) is 111 Å². The summed E-state index contributed by atoms with van der Waals surface area (Å²) in [5, 5.41) is 0. The van der Waals surface area contributed by atoms with Crippen LogP contribution >= 0.6 is 0 Å². The Kier molecular flexibility index (Phi) is 7.27. The van der Waals surface area contributed by atoms with Gasteiger partial charge in [-0.2, -0.15) is 0 Å². The average Bonchev–Trinajstić information content (AvgIpc) is 4.10. The normalized spacial score (nSPS) is 19.2. The molecular formula is C66H47N. The lowest BCUT2D eigenvalue weighted by atomic mass is 9.65. The van der Waals surface area contributed by atoms with Gasteiger partial charge >= 0.3 is 0 Å². The average molecular weight is 854 g/mol. The van der Waals surface area contributed by atoms with Gasteiger partial charge in [-0.1, -0.05) is 197 Å². The quantitative estimate of drug-likeness (QED) is 0.171. The molecule has 1 nitrogen and oxygen atoms in total. The zero-order valence-electron chi connectivity index (χ0n) is 37.9. The topological polar surface area (TPSA) is 3.24 Å². The van der Waals surface area contributed by atoms with E-state index in [-0.39, 0.29) is 5.41 Å². The van der Waals surface area contributed by atoms with Crippen molar-refractivity contribution in [2.75, 3.05) is 4.90 Å². The summed E-state index contributed by atoms with van der Waals surface area (Å²) in [6.07, 6.45) is 5.85. The molecule has 0 N–H and O–H groups in total. The predicted molar refractivity (Wildman–Crippen MR) is 277 cm³/mol. The van der Waals surface area contributed by atoms with Crippen molar-refractivity contribution >= 4 is 22.6 Å². The van der Waals surface area contributed by atoms with Gasteiger partial charge in [-0.15, -0.1) is 0 Å². The maximum absolute atomic E-state index is 2.58. The lowest BCUT2D eigenvalue weighted by molar-refractivity contribution is 0.591. The van der Waals surface area contributed by atoms with Crippen molar-refractivity contribution in [3.8, 4) is 44.5 Å². The summed E-state index contributed by atoms with van der Waals surface area (Å²) in [7, 11) is 0. The van der Waals surface area contributed by atoms with Crippen LogP contribution in [0.4, 0.5) is 17.1 Å². The number of benzene rings is 9. The molecule has 0 fully saturated rings. The van der Waals surface area contributed by atoms with Crippen LogP contribution in [0.3, 0.4) is 0 Å². The van der Waals surface area contributed by atoms with Crippen molar-refractivity contribution in [1.82, 2.24) is 0 Å². The summed E-state index contributed by atoms with van der Waals surface area (Å²) >= 11 is 0. The summed E-state index contributed by atoms with van der Waals surface area (Å²) in [4.78, 5) is 2.58. The van der Waals surface area contributed by atoms with Crippen LogP contribution in [-0.4, -0.2) is 0 Å². The molecule has 0 amide bonds. The highest BCUT2D eigenvalue weighted by Gasteiger charge is 2.55. The fourth-order valence-corrected chi connectivity index (χ4v) is 14.4. The molecule has 9 aromatic carbocycles. The Labute approximate surface area is 393 Å². The van der Waals surface area contributed by atoms with E-state index in [2.05, 4.69) is 238 Å². The molecule has 6 aliphatic carbocycles. The minimum Gasteiger partial charge on any atom is -0.310 e. The first-order valence-electron chi connectivity index (χ1n) is 24.2. The third-order valence-electron chi connectivity index (χ3n) is 16.9. The number of nitrogens with zero attached hydrogens (tertiary/aromatic N) is 1. The van der Waals surface area contributed by atoms with E-state index in [9.17, 15) is 0 Å². The standard InChI is InChI=1S/C66H47N/c1-40-17-16-24-52-48-22-9-15-30-60(48)66(63(40)52)59-29-14-8-21-47(59)51-35-32-43(39-62(51)66)67(41-33-36-55-53(37-41)49-23-4-10-25-54(49)64(55,2)3)42-31-34-50-46-20-7-13-28-58(46)65(61(50)38-42)56-26-11-5-18-44(56)45-19-6-12-27-57(45)65/h4-16,18-40H,17H2,1-3H3. The van der Waals surface area contributed by atoms with Crippen LogP contribution in [0.2, 0.25) is 0 Å². The molecule has 0 aromatic heterocycles. The zero-order chi connectivity index (χ0) is 44.4. The Morgan fingerprint density at radius 2 is 0.731 bits per heavy atom. The largest absolute Gasteiger partial charge is 0.310 e. The van der Waals surface area contributed by atoms with Gasteiger partial charge in [0, 0.05) is 22.5 Å². The summed E-state index contributed by atoms with van der Waals surface area (Å²) in [5.74, 6) is 0.387. The van der Waals surface area contributed by atoms with Crippen LogP contribution in [0.25, 0.3) is 50.1 Å². The van der Waals surface area contributed by atoms with Crippen LogP contribution in [0.1, 0.15) is 82.8 Å². The third-order valence-corrected chi connectivity index (χ3v) is 16.9. The van der Waals surface area contributed by atoms with Crippen LogP contribution in [0.15, 0.2) is 218 Å². The molecule has 316 valence electrons. The third kappa shape index (κ3) is 4.46. The van der Waals surface area contributed by atoms with Gasteiger partial charge in [0.05, 0.1) is 10.8 Å². The predicted octanol–water partition coefficient (Wildman–Crippen LogP) is 16.5. The van der Waals surface area contributed by atoms with E-state index < -0.39 is 10.8 Å². The lowest BCUT2D eigenvalue weighted by Crippen LogP contribution is -2.31. The van der Waals surface area contributed by atoms with Gasteiger partial charge in [-0.25, -0.2) is 0 Å². The zero-order valence-corrected chi connectivity index (χ0v) is 37.9. The summed E-state index contributed by atoms with van der Waals surface area (Å²) < 4.78 is 0. The number of fused-ring (bicyclic) bond motifs is 22. The molecule has 2 spiro atoms. The Morgan fingerprint density at radius 1 is 0.358 bits per heavy atom. The fraction of sp³-hybridized carbons (Fsp3) is 0.121. The smallest absolute Gasteiger partial charge is 0.0726 e. The highest BCUT2D eigenvalue weighted by Crippen LogP contribution is 2.66. The van der Waals surface area contributed by atoms with E-state index in [0.29, 0.717) is 5.92 Å². The number of hydrogen-bond acceptors (Lipinski definition) is 1. The van der Waals surface area contributed by atoms with Gasteiger partial charge in [0.2, 0.25) is 0 Å². The molecule has 1 heteroatoms. The minimum absolute atomic E-state index is 0.0948. The van der Waals surface area contributed by atoms with Gasteiger partial charge in [0.15, 0.2) is 0 Å². The first-order valence-corrected chi connectivity index (χ1v) is 24.2. The summed E-state index contributed by atoms with van der Waals surface area (Å²) in [6.45, 7) is 7.21. The summed E-state index contributed by atoms with van der Waals surface area (Å²) in [5.41, 5.74) is 29.8. The summed E-state index contributed by atoms with van der Waals surface area (Å²) in [6, 6.07) is 77.1. The van der Waals surface area contributed by atoms with E-state index in [1.807, 2.05) is 0 Å². The van der Waals surface area contributed by atoms with E-state index in [4.69, 9.17) is 0 Å². The molecule has 0 heterocycles. The second-order valence-electron chi connectivity index (χ2n) is 20.3. The van der Waals surface area contributed by atoms with Crippen molar-refractivity contribution in [3.63, 3.8) is 0 Å². The van der Waals surface area contributed by atoms with Crippen LogP contribution in [0.5, 0.6) is 0 Å². The number of hydrogen-bond donors (Lipinski definition) is 0. The molecule has 0 bridgehead atoms. The second-order valence-corrected chi connectivity index (χ2v) is 20.3. The molecular weight excluding hydrogens is 807 g/mol. The molecule has 0 aliphatic heterocycles. The number of anilines is 3. The number of allylic oxidation sites excluding steroid dienone is 4. The van der Waals surface area contributed by atoms with Crippen LogP contribution < -0.4 is 4.90 Å². The SMILES string of the molecule is CC1CC=CC2=C1C1(c3ccccc32)c2ccccc2-c2ccc(N(c3ccc4c(c3)-c3ccccc3C4(C)C)c3ccc4c(c3)C3(c5ccccc5-c5ccccc53)c3ccccc3-4)cc21. The Hall–Kier alpha value is -7.74. The van der Waals surface area contributed by atoms with Crippen molar-refractivity contribution in [3.05, 3.63) is 274 Å². The minimum atomic E-state index is -0.452. The van der Waals surface area contributed by atoms with Crippen LogP contribution in [0, 0.1) is 5.92 Å².